The number of carbonyl (C=O) groups is 1. The van der Waals surface area contributed by atoms with E-state index in [0.717, 1.165) is 51.6 Å². The molecule has 6 heteroatoms. The Kier molecular flexibility index (Phi) is 4.97. The Labute approximate surface area is 180 Å². The van der Waals surface area contributed by atoms with Crippen LogP contribution in [0.5, 0.6) is 11.5 Å². The molecule has 0 saturated heterocycles. The molecule has 2 aliphatic rings. The average molecular weight is 419 g/mol. The largest absolute Gasteiger partial charge is 0.454 e. The van der Waals surface area contributed by atoms with Gasteiger partial charge in [-0.2, -0.15) is 0 Å². The molecule has 0 atom stereocenters. The van der Waals surface area contributed by atoms with E-state index in [2.05, 4.69) is 34.0 Å². The number of hydrogen-bond donors (Lipinski definition) is 1. The van der Waals surface area contributed by atoms with E-state index in [1.165, 1.54) is 0 Å². The van der Waals surface area contributed by atoms with Gasteiger partial charge in [-0.3, -0.25) is 14.5 Å². The van der Waals surface area contributed by atoms with Crippen molar-refractivity contribution in [2.75, 3.05) is 13.8 Å². The van der Waals surface area contributed by atoms with Crippen LogP contribution in [0.1, 0.15) is 24.1 Å². The van der Waals surface area contributed by atoms with Crippen LogP contribution in [0.2, 0.25) is 0 Å². The van der Waals surface area contributed by atoms with Crippen molar-refractivity contribution in [3.8, 4) is 22.6 Å². The van der Waals surface area contributed by atoms with Crippen molar-refractivity contribution in [3.05, 3.63) is 72.1 Å². The molecule has 1 aliphatic carbocycles. The van der Waals surface area contributed by atoms with Crippen molar-refractivity contribution in [2.24, 2.45) is 0 Å². The molecule has 1 aliphatic heterocycles. The lowest BCUT2D eigenvalue weighted by Gasteiger charge is -2.15. The van der Waals surface area contributed by atoms with Crippen LogP contribution in [0, 0.1) is 0 Å². The molecule has 1 fully saturated rings. The van der Waals surface area contributed by atoms with E-state index in [-0.39, 0.29) is 12.6 Å². The Morgan fingerprint density at radius 2 is 1.80 bits per heavy atom. The zero-order chi connectivity index (χ0) is 20.6. The van der Waals surface area contributed by atoms with Crippen LogP contribution in [0.15, 0.2) is 65.7 Å². The molecule has 2 aromatic carbocycles. The molecule has 5 nitrogen and oxygen atoms in total. The van der Waals surface area contributed by atoms with Gasteiger partial charge in [-0.05, 0) is 73.3 Å². The summed E-state index contributed by atoms with van der Waals surface area (Å²) in [7, 11) is 1.90. The van der Waals surface area contributed by atoms with Crippen LogP contribution < -0.4 is 14.2 Å². The van der Waals surface area contributed by atoms with E-state index >= 15 is 0 Å². The first kappa shape index (κ1) is 19.2. The summed E-state index contributed by atoms with van der Waals surface area (Å²) in [6.45, 7) is 0.243. The number of nitrogens with zero attached hydrogens (tertiary/aromatic N) is 1. The van der Waals surface area contributed by atoms with E-state index < -0.39 is 5.41 Å². The number of pyridine rings is 1. The molecule has 152 valence electrons. The third-order valence-corrected chi connectivity index (χ3v) is 6.49. The zero-order valence-electron chi connectivity index (χ0n) is 16.7. The molecule has 2 heterocycles. The number of Topliss-reactive ketones (excluding diaryl/α,β-unsaturated/α-hetero) is 1. The fourth-order valence-electron chi connectivity index (χ4n) is 3.91. The summed E-state index contributed by atoms with van der Waals surface area (Å²) >= 11 is 1.58. The number of hydrogen-bond acceptors (Lipinski definition) is 6. The van der Waals surface area contributed by atoms with Gasteiger partial charge >= 0.3 is 0 Å². The number of aromatic nitrogens is 1. The third kappa shape index (κ3) is 3.57. The van der Waals surface area contributed by atoms with Gasteiger partial charge in [0.15, 0.2) is 11.5 Å². The lowest BCUT2D eigenvalue weighted by Crippen LogP contribution is -2.22. The Hall–Kier alpha value is -2.83. The predicted molar refractivity (Wildman–Crippen MR) is 117 cm³/mol. The number of nitrogens with one attached hydrogen (secondary N) is 1. The first-order chi connectivity index (χ1) is 14.7. The van der Waals surface area contributed by atoms with Crippen molar-refractivity contribution in [1.29, 1.82) is 0 Å². The van der Waals surface area contributed by atoms with Crippen LogP contribution in [0.3, 0.4) is 0 Å². The molecule has 0 radical (unpaired) electrons. The van der Waals surface area contributed by atoms with Gasteiger partial charge in [0.05, 0.1) is 5.41 Å². The van der Waals surface area contributed by atoms with Crippen molar-refractivity contribution in [1.82, 2.24) is 9.71 Å². The van der Waals surface area contributed by atoms with Gasteiger partial charge in [-0.15, -0.1) is 0 Å². The van der Waals surface area contributed by atoms with E-state index in [1.807, 2.05) is 43.6 Å². The van der Waals surface area contributed by atoms with Crippen molar-refractivity contribution < 1.29 is 14.3 Å². The van der Waals surface area contributed by atoms with Gasteiger partial charge in [-0.25, -0.2) is 0 Å². The molecule has 0 bridgehead atoms. The van der Waals surface area contributed by atoms with Crippen LogP contribution in [0.4, 0.5) is 0 Å². The molecule has 0 spiro atoms. The summed E-state index contributed by atoms with van der Waals surface area (Å²) < 4.78 is 13.9. The summed E-state index contributed by atoms with van der Waals surface area (Å²) in [6, 6.07) is 18.2. The van der Waals surface area contributed by atoms with Gasteiger partial charge in [0.1, 0.15) is 5.78 Å². The summed E-state index contributed by atoms with van der Waals surface area (Å²) in [6.07, 6.45) is 3.94. The lowest BCUT2D eigenvalue weighted by molar-refractivity contribution is -0.120. The lowest BCUT2D eigenvalue weighted by atomic mass is 9.88. The number of rotatable bonds is 7. The first-order valence-electron chi connectivity index (χ1n) is 10.0. The second kappa shape index (κ2) is 7.78. The Balaban J connectivity index is 1.29. The second-order valence-electron chi connectivity index (χ2n) is 7.62. The van der Waals surface area contributed by atoms with Gasteiger partial charge < -0.3 is 9.47 Å². The maximum absolute atomic E-state index is 13.1. The molecular weight excluding hydrogens is 396 g/mol. The maximum atomic E-state index is 13.1. The molecule has 5 rings (SSSR count). The highest BCUT2D eigenvalue weighted by molar-refractivity contribution is 7.97. The SMILES string of the molecule is CNSc1ccc(-c2ccc(CC(=O)C3(c4ccc5c(c4)OCO5)CC3)nc2)cc1. The van der Waals surface area contributed by atoms with Gasteiger partial charge in [-0.1, -0.05) is 24.3 Å². The molecular formula is C24H22N2O3S. The molecule has 0 amide bonds. The fourth-order valence-corrected chi connectivity index (χ4v) is 4.42. The average Bonchev–Trinajstić information content (AvgIpc) is 3.46. The first-order valence-corrected chi connectivity index (χ1v) is 10.8. The normalized spacial score (nSPS) is 15.8. The molecule has 30 heavy (non-hydrogen) atoms. The maximum Gasteiger partial charge on any atom is 0.231 e. The van der Waals surface area contributed by atoms with Crippen molar-refractivity contribution in [3.63, 3.8) is 0 Å². The summed E-state index contributed by atoms with van der Waals surface area (Å²) in [5, 5.41) is 0. The van der Waals surface area contributed by atoms with E-state index in [0.29, 0.717) is 6.42 Å². The molecule has 3 aromatic rings. The van der Waals surface area contributed by atoms with Gasteiger partial charge in [0.25, 0.3) is 0 Å². The van der Waals surface area contributed by atoms with E-state index in [4.69, 9.17) is 9.47 Å². The Morgan fingerprint density at radius 3 is 2.50 bits per heavy atom. The Bertz CT molecular complexity index is 1080. The topological polar surface area (TPSA) is 60.5 Å². The standard InChI is InChI=1S/C24H22N2O3S/c1-25-30-20-7-3-16(4-8-20)17-2-6-19(26-14-17)13-23(27)24(10-11-24)18-5-9-21-22(12-18)29-15-28-21/h2-9,12,14,25H,10-11,13,15H2,1H3. The predicted octanol–water partition coefficient (Wildman–Crippen LogP) is 4.55. The van der Waals surface area contributed by atoms with Crippen LogP contribution in [-0.4, -0.2) is 24.6 Å². The molecule has 0 unspecified atom stereocenters. The Morgan fingerprint density at radius 1 is 1.03 bits per heavy atom. The number of ether oxygens (including phenoxy) is 2. The van der Waals surface area contributed by atoms with Gasteiger partial charge in [0, 0.05) is 28.8 Å². The van der Waals surface area contributed by atoms with Gasteiger partial charge in [0.2, 0.25) is 6.79 Å². The second-order valence-corrected chi connectivity index (χ2v) is 8.70. The number of benzene rings is 2. The monoisotopic (exact) mass is 418 g/mol. The van der Waals surface area contributed by atoms with Crippen molar-refractivity contribution >= 4 is 17.7 Å². The van der Waals surface area contributed by atoms with Crippen LogP contribution in [-0.2, 0) is 16.6 Å². The highest BCUT2D eigenvalue weighted by Gasteiger charge is 2.50. The highest BCUT2D eigenvalue weighted by atomic mass is 32.2. The highest BCUT2D eigenvalue weighted by Crippen LogP contribution is 2.51. The summed E-state index contributed by atoms with van der Waals surface area (Å²) in [4.78, 5) is 18.9. The zero-order valence-corrected chi connectivity index (χ0v) is 17.5. The van der Waals surface area contributed by atoms with Crippen LogP contribution >= 0.6 is 11.9 Å². The minimum Gasteiger partial charge on any atom is -0.454 e. The van der Waals surface area contributed by atoms with E-state index in [9.17, 15) is 4.79 Å². The van der Waals surface area contributed by atoms with Crippen LogP contribution in [0.25, 0.3) is 11.1 Å². The molecule has 1 saturated carbocycles. The summed E-state index contributed by atoms with van der Waals surface area (Å²) in [5.74, 6) is 1.69. The smallest absolute Gasteiger partial charge is 0.231 e. The number of fused-ring (bicyclic) bond motifs is 1. The number of carbonyl (C=O) groups excluding carboxylic acids is 1. The number of ketones is 1. The van der Waals surface area contributed by atoms with E-state index in [1.54, 1.807) is 11.9 Å². The quantitative estimate of drug-likeness (QED) is 0.568. The minimum absolute atomic E-state index is 0.218. The molecule has 1 N–H and O–H groups in total. The van der Waals surface area contributed by atoms with Crippen molar-refractivity contribution in [2.45, 2.75) is 29.6 Å². The molecule has 1 aromatic heterocycles. The summed E-state index contributed by atoms with van der Waals surface area (Å²) in [5.41, 5.74) is 3.58. The minimum atomic E-state index is -0.401. The third-order valence-electron chi connectivity index (χ3n) is 5.78. The fraction of sp³-hybridized carbons (Fsp3) is 0.250.